The van der Waals surface area contributed by atoms with Crippen LogP contribution in [0, 0.1) is 5.41 Å². The molecule has 0 radical (unpaired) electrons. The SMILES string of the molecule is O=C(N1CC(NCc2ccc(OC(F)(F)F)cc2)C1)N1CC2(CC(c3n[nH]c(C4CC4)n3)C2)C1. The number of rotatable bonds is 6. The number of benzene rings is 1. The molecule has 8 nitrogen and oxygen atoms in total. The molecule has 4 fully saturated rings. The highest BCUT2D eigenvalue weighted by Gasteiger charge is 2.56. The molecule has 4 aliphatic rings. The first-order valence-electron chi connectivity index (χ1n) is 11.8. The van der Waals surface area contributed by atoms with Crippen molar-refractivity contribution in [2.24, 2.45) is 5.41 Å². The van der Waals surface area contributed by atoms with Gasteiger partial charge in [-0.1, -0.05) is 12.1 Å². The third-order valence-corrected chi connectivity index (χ3v) is 7.43. The van der Waals surface area contributed by atoms with Crippen molar-refractivity contribution in [3.8, 4) is 5.75 Å². The van der Waals surface area contributed by atoms with E-state index >= 15 is 0 Å². The largest absolute Gasteiger partial charge is 0.573 e. The smallest absolute Gasteiger partial charge is 0.406 e. The summed E-state index contributed by atoms with van der Waals surface area (Å²) in [6.07, 6.45) is -0.165. The van der Waals surface area contributed by atoms with Gasteiger partial charge in [0, 0.05) is 56.0 Å². The first kappa shape index (κ1) is 21.7. The molecule has 0 bridgehead atoms. The molecule has 2 amide bonds. The van der Waals surface area contributed by atoms with E-state index < -0.39 is 6.36 Å². The molecule has 11 heteroatoms. The van der Waals surface area contributed by atoms with Gasteiger partial charge in [-0.2, -0.15) is 5.10 Å². The number of nitrogens with one attached hydrogen (secondary N) is 2. The second-order valence-electron chi connectivity index (χ2n) is 10.3. The summed E-state index contributed by atoms with van der Waals surface area (Å²) in [5, 5.41) is 10.8. The second-order valence-corrected chi connectivity index (χ2v) is 10.3. The third kappa shape index (κ3) is 4.33. The van der Waals surface area contributed by atoms with Gasteiger partial charge in [0.25, 0.3) is 0 Å². The molecule has 34 heavy (non-hydrogen) atoms. The van der Waals surface area contributed by atoms with Crippen LogP contribution in [0.5, 0.6) is 5.75 Å². The number of H-pyrrole nitrogens is 1. The highest BCUT2D eigenvalue weighted by molar-refractivity contribution is 5.76. The fourth-order valence-electron chi connectivity index (χ4n) is 5.37. The highest BCUT2D eigenvalue weighted by Crippen LogP contribution is 2.55. The normalized spacial score (nSPS) is 22.3. The zero-order valence-corrected chi connectivity index (χ0v) is 18.6. The molecule has 1 aromatic carbocycles. The predicted molar refractivity (Wildman–Crippen MR) is 115 cm³/mol. The Balaban J connectivity index is 0.895. The van der Waals surface area contributed by atoms with Gasteiger partial charge >= 0.3 is 12.4 Å². The molecule has 1 aromatic heterocycles. The zero-order chi connectivity index (χ0) is 23.5. The van der Waals surface area contributed by atoms with Gasteiger partial charge in [-0.3, -0.25) is 5.10 Å². The van der Waals surface area contributed by atoms with Gasteiger partial charge in [-0.15, -0.1) is 13.2 Å². The van der Waals surface area contributed by atoms with Crippen LogP contribution >= 0.6 is 0 Å². The molecule has 0 atom stereocenters. The summed E-state index contributed by atoms with van der Waals surface area (Å²) in [5.74, 6) is 2.74. The van der Waals surface area contributed by atoms with E-state index in [-0.39, 0.29) is 23.2 Å². The number of nitrogens with zero attached hydrogens (tertiary/aromatic N) is 4. The summed E-state index contributed by atoms with van der Waals surface area (Å²) in [6, 6.07) is 6.10. The van der Waals surface area contributed by atoms with Crippen LogP contribution in [0.3, 0.4) is 0 Å². The number of aromatic nitrogens is 3. The lowest BCUT2D eigenvalue weighted by molar-refractivity contribution is -0.274. The van der Waals surface area contributed by atoms with Gasteiger partial charge in [0.2, 0.25) is 0 Å². The van der Waals surface area contributed by atoms with Gasteiger partial charge in [-0.05, 0) is 43.4 Å². The topological polar surface area (TPSA) is 86.4 Å². The summed E-state index contributed by atoms with van der Waals surface area (Å²) >= 11 is 0. The van der Waals surface area contributed by atoms with Crippen molar-refractivity contribution in [3.05, 3.63) is 41.5 Å². The van der Waals surface area contributed by atoms with E-state index in [1.54, 1.807) is 12.1 Å². The predicted octanol–water partition coefficient (Wildman–Crippen LogP) is 3.35. The Morgan fingerprint density at radius 3 is 2.47 bits per heavy atom. The maximum Gasteiger partial charge on any atom is 0.573 e. The third-order valence-electron chi connectivity index (χ3n) is 7.43. The summed E-state index contributed by atoms with van der Waals surface area (Å²) in [5.41, 5.74) is 1.10. The Kier molecular flexibility index (Phi) is 5.02. The first-order valence-corrected chi connectivity index (χ1v) is 11.8. The molecule has 2 saturated heterocycles. The van der Waals surface area contributed by atoms with E-state index in [0.717, 1.165) is 43.1 Å². The van der Waals surface area contributed by atoms with Crippen molar-refractivity contribution in [2.45, 2.75) is 56.5 Å². The molecule has 2 saturated carbocycles. The van der Waals surface area contributed by atoms with Crippen molar-refractivity contribution < 1.29 is 22.7 Å². The van der Waals surface area contributed by atoms with Crippen LogP contribution in [0.1, 0.15) is 54.7 Å². The lowest BCUT2D eigenvalue weighted by atomic mass is 9.57. The number of halogens is 3. The molecule has 6 rings (SSSR count). The van der Waals surface area contributed by atoms with Crippen LogP contribution in [0.4, 0.5) is 18.0 Å². The van der Waals surface area contributed by atoms with Crippen molar-refractivity contribution in [1.82, 2.24) is 30.3 Å². The van der Waals surface area contributed by atoms with Crippen molar-refractivity contribution in [2.75, 3.05) is 26.2 Å². The van der Waals surface area contributed by atoms with E-state index in [4.69, 9.17) is 0 Å². The van der Waals surface area contributed by atoms with E-state index in [1.807, 2.05) is 9.80 Å². The van der Waals surface area contributed by atoms with E-state index in [0.29, 0.717) is 31.5 Å². The minimum absolute atomic E-state index is 0.0923. The number of carbonyl (C=O) groups excluding carboxylic acids is 1. The number of amides is 2. The van der Waals surface area contributed by atoms with Gasteiger partial charge in [0.05, 0.1) is 0 Å². The molecule has 182 valence electrons. The summed E-state index contributed by atoms with van der Waals surface area (Å²) < 4.78 is 40.6. The molecule has 0 unspecified atom stereocenters. The van der Waals surface area contributed by atoms with Crippen LogP contribution in [-0.4, -0.2) is 69.6 Å². The van der Waals surface area contributed by atoms with Crippen LogP contribution in [0.25, 0.3) is 0 Å². The Labute approximate surface area is 194 Å². The van der Waals surface area contributed by atoms with Gasteiger partial charge in [-0.25, -0.2) is 9.78 Å². The number of urea groups is 1. The number of hydrogen-bond acceptors (Lipinski definition) is 5. The number of ether oxygens (including phenoxy) is 1. The first-order chi connectivity index (χ1) is 16.3. The maximum atomic E-state index is 12.7. The lowest BCUT2D eigenvalue weighted by Crippen LogP contribution is -2.69. The van der Waals surface area contributed by atoms with Crippen LogP contribution in [0.15, 0.2) is 24.3 Å². The number of carbonyl (C=O) groups is 1. The molecule has 1 spiro atoms. The van der Waals surface area contributed by atoms with Crippen LogP contribution < -0.4 is 10.1 Å². The molecule has 2 N–H and O–H groups in total. The van der Waals surface area contributed by atoms with E-state index in [1.165, 1.54) is 25.0 Å². The summed E-state index contributed by atoms with van der Waals surface area (Å²) in [6.45, 7) is 3.42. The number of aromatic amines is 1. The summed E-state index contributed by atoms with van der Waals surface area (Å²) in [4.78, 5) is 21.2. The maximum absolute atomic E-state index is 12.7. The van der Waals surface area contributed by atoms with Crippen LogP contribution in [-0.2, 0) is 6.54 Å². The Morgan fingerprint density at radius 1 is 1.12 bits per heavy atom. The average molecular weight is 477 g/mol. The minimum Gasteiger partial charge on any atom is -0.406 e. The Bertz CT molecular complexity index is 1050. The molecule has 2 aliphatic carbocycles. The van der Waals surface area contributed by atoms with Crippen molar-refractivity contribution >= 4 is 6.03 Å². The van der Waals surface area contributed by atoms with Crippen molar-refractivity contribution in [1.29, 1.82) is 0 Å². The number of likely N-dealkylation sites (tertiary alicyclic amines) is 2. The number of hydrogen-bond donors (Lipinski definition) is 2. The monoisotopic (exact) mass is 476 g/mol. The van der Waals surface area contributed by atoms with Gasteiger partial charge in [0.1, 0.15) is 11.6 Å². The quantitative estimate of drug-likeness (QED) is 0.668. The lowest BCUT2D eigenvalue weighted by Gasteiger charge is -2.59. The molecule has 3 heterocycles. The highest BCUT2D eigenvalue weighted by atomic mass is 19.4. The minimum atomic E-state index is -4.69. The van der Waals surface area contributed by atoms with Crippen LogP contribution in [0.2, 0.25) is 0 Å². The Morgan fingerprint density at radius 2 is 1.82 bits per heavy atom. The van der Waals surface area contributed by atoms with E-state index in [9.17, 15) is 18.0 Å². The fraction of sp³-hybridized carbons (Fsp3) is 0.609. The van der Waals surface area contributed by atoms with Crippen molar-refractivity contribution in [3.63, 3.8) is 0 Å². The van der Waals surface area contributed by atoms with E-state index in [2.05, 4.69) is 25.2 Å². The van der Waals surface area contributed by atoms with Gasteiger partial charge in [0.15, 0.2) is 5.82 Å². The standard InChI is InChI=1S/C23H27F3N6O2/c24-23(25,26)34-18-5-1-14(2-6-18)9-27-17-10-31(11-17)21(33)32-12-22(13-32)7-16(8-22)20-28-19(29-30-20)15-3-4-15/h1-2,5-6,15-17,27H,3-4,7-13H2,(H,28,29,30). The summed E-state index contributed by atoms with van der Waals surface area (Å²) in [7, 11) is 0. The molecular weight excluding hydrogens is 449 g/mol. The average Bonchev–Trinajstić information content (AvgIpc) is 3.43. The van der Waals surface area contributed by atoms with Gasteiger partial charge < -0.3 is 19.9 Å². The second kappa shape index (κ2) is 7.86. The Hall–Kier alpha value is -2.82. The number of alkyl halides is 3. The molecule has 2 aliphatic heterocycles. The molecule has 2 aromatic rings. The molecular formula is C23H27F3N6O2. The zero-order valence-electron chi connectivity index (χ0n) is 18.6. The fourth-order valence-corrected chi connectivity index (χ4v) is 5.37.